The smallest absolute Gasteiger partial charge is 0.289 e. The van der Waals surface area contributed by atoms with E-state index in [-0.39, 0.29) is 16.0 Å². The highest BCUT2D eigenvalue weighted by molar-refractivity contribution is 7.89. The lowest BCUT2D eigenvalue weighted by atomic mass is 10.0. The molecule has 128 valence electrons. The van der Waals surface area contributed by atoms with Crippen LogP contribution in [0.3, 0.4) is 0 Å². The molecule has 0 fully saturated rings. The highest BCUT2D eigenvalue weighted by Gasteiger charge is 2.30. The van der Waals surface area contributed by atoms with Gasteiger partial charge in [-0.25, -0.2) is 12.7 Å². The maximum atomic E-state index is 12.6. The minimum absolute atomic E-state index is 0.0237. The number of nitrogens with zero attached hydrogens (tertiary/aromatic N) is 1. The number of carbonyl (C=O) groups is 1. The summed E-state index contributed by atoms with van der Waals surface area (Å²) in [5, 5.41) is 0. The predicted octanol–water partition coefficient (Wildman–Crippen LogP) is 3.19. The zero-order valence-corrected chi connectivity index (χ0v) is 13.6. The minimum Gasteiger partial charge on any atom is -0.289 e. The van der Waals surface area contributed by atoms with Gasteiger partial charge in [0.2, 0.25) is 10.0 Å². The van der Waals surface area contributed by atoms with E-state index in [1.165, 1.54) is 38.4 Å². The van der Waals surface area contributed by atoms with Crippen molar-refractivity contribution in [2.75, 3.05) is 14.1 Å². The molecule has 0 aliphatic rings. The summed E-state index contributed by atoms with van der Waals surface area (Å²) in [6.07, 6.45) is -4.51. The zero-order chi connectivity index (χ0) is 18.1. The van der Waals surface area contributed by atoms with Crippen molar-refractivity contribution in [1.29, 1.82) is 0 Å². The molecular weight excluding hydrogens is 343 g/mol. The summed E-state index contributed by atoms with van der Waals surface area (Å²) >= 11 is 0. The van der Waals surface area contributed by atoms with Crippen molar-refractivity contribution in [3.05, 3.63) is 65.2 Å². The van der Waals surface area contributed by atoms with E-state index >= 15 is 0 Å². The maximum absolute atomic E-state index is 12.6. The first-order valence-electron chi connectivity index (χ1n) is 6.78. The third-order valence-corrected chi connectivity index (χ3v) is 5.24. The molecule has 0 bridgehead atoms. The van der Waals surface area contributed by atoms with Gasteiger partial charge in [0, 0.05) is 25.2 Å². The van der Waals surface area contributed by atoms with E-state index in [1.54, 1.807) is 0 Å². The highest BCUT2D eigenvalue weighted by atomic mass is 32.2. The van der Waals surface area contributed by atoms with E-state index in [1.807, 2.05) is 0 Å². The van der Waals surface area contributed by atoms with Crippen LogP contribution in [0.25, 0.3) is 0 Å². The first-order valence-corrected chi connectivity index (χ1v) is 8.22. The Hall–Kier alpha value is -2.19. The van der Waals surface area contributed by atoms with Gasteiger partial charge in [0.25, 0.3) is 0 Å². The van der Waals surface area contributed by atoms with Crippen LogP contribution in [-0.2, 0) is 16.2 Å². The fourth-order valence-electron chi connectivity index (χ4n) is 2.04. The number of carbonyl (C=O) groups excluding carboxylic acids is 1. The van der Waals surface area contributed by atoms with Gasteiger partial charge >= 0.3 is 6.18 Å². The van der Waals surface area contributed by atoms with Crippen molar-refractivity contribution in [1.82, 2.24) is 4.31 Å². The molecule has 2 rings (SSSR count). The number of ketones is 1. The Labute approximate surface area is 137 Å². The molecule has 4 nitrogen and oxygen atoms in total. The van der Waals surface area contributed by atoms with Gasteiger partial charge in [-0.15, -0.1) is 0 Å². The van der Waals surface area contributed by atoms with Gasteiger partial charge in [-0.2, -0.15) is 13.2 Å². The van der Waals surface area contributed by atoms with Crippen molar-refractivity contribution in [3.8, 4) is 0 Å². The summed E-state index contributed by atoms with van der Waals surface area (Å²) in [4.78, 5) is 12.3. The third-order valence-electron chi connectivity index (χ3n) is 3.36. The van der Waals surface area contributed by atoms with Gasteiger partial charge in [-0.05, 0) is 24.3 Å². The van der Waals surface area contributed by atoms with Crippen LogP contribution in [0.1, 0.15) is 21.5 Å². The van der Waals surface area contributed by atoms with Crippen molar-refractivity contribution in [2.24, 2.45) is 0 Å². The Kier molecular flexibility index (Phi) is 4.82. The summed E-state index contributed by atoms with van der Waals surface area (Å²) in [5.41, 5.74) is -0.997. The first kappa shape index (κ1) is 18.2. The minimum atomic E-state index is -4.51. The summed E-state index contributed by atoms with van der Waals surface area (Å²) in [7, 11) is -1.20. The van der Waals surface area contributed by atoms with Crippen LogP contribution in [0.2, 0.25) is 0 Å². The molecule has 2 aromatic rings. The van der Waals surface area contributed by atoms with E-state index in [9.17, 15) is 26.4 Å². The Bertz CT molecular complexity index is 857. The maximum Gasteiger partial charge on any atom is 0.416 e. The second-order valence-corrected chi connectivity index (χ2v) is 7.31. The SMILES string of the molecule is CN(C)S(=O)(=O)c1ccccc1C(=O)c1ccc(C(F)(F)F)cc1. The van der Waals surface area contributed by atoms with Crippen LogP contribution >= 0.6 is 0 Å². The molecule has 0 saturated carbocycles. The summed E-state index contributed by atoms with van der Waals surface area (Å²) in [5.74, 6) is -0.662. The molecule has 8 heteroatoms. The van der Waals surface area contributed by atoms with E-state index in [0.29, 0.717) is 0 Å². The third kappa shape index (κ3) is 3.49. The van der Waals surface area contributed by atoms with Crippen LogP contribution in [0, 0.1) is 0 Å². The van der Waals surface area contributed by atoms with Crippen molar-refractivity contribution in [2.45, 2.75) is 11.1 Å². The number of hydrogen-bond donors (Lipinski definition) is 0. The lowest BCUT2D eigenvalue weighted by Gasteiger charge is -2.14. The van der Waals surface area contributed by atoms with Gasteiger partial charge in [0.1, 0.15) is 0 Å². The van der Waals surface area contributed by atoms with Crippen LogP contribution in [0.5, 0.6) is 0 Å². The lowest BCUT2D eigenvalue weighted by Crippen LogP contribution is -2.24. The molecular formula is C16H14F3NO3S. The first-order chi connectivity index (χ1) is 11.0. The largest absolute Gasteiger partial charge is 0.416 e. The van der Waals surface area contributed by atoms with Gasteiger partial charge < -0.3 is 0 Å². The van der Waals surface area contributed by atoms with Gasteiger partial charge in [0.15, 0.2) is 5.78 Å². The molecule has 0 heterocycles. The van der Waals surface area contributed by atoms with Crippen LogP contribution in [0.4, 0.5) is 13.2 Å². The van der Waals surface area contributed by atoms with Crippen LogP contribution in [0.15, 0.2) is 53.4 Å². The second kappa shape index (κ2) is 6.37. The van der Waals surface area contributed by atoms with Crippen LogP contribution < -0.4 is 0 Å². The molecule has 0 amide bonds. The normalized spacial score (nSPS) is 12.4. The Morgan fingerprint density at radius 3 is 2.00 bits per heavy atom. The molecule has 0 aliphatic carbocycles. The van der Waals surface area contributed by atoms with Crippen molar-refractivity contribution in [3.63, 3.8) is 0 Å². The number of hydrogen-bond acceptors (Lipinski definition) is 3. The molecule has 2 aromatic carbocycles. The van der Waals surface area contributed by atoms with Gasteiger partial charge in [-0.3, -0.25) is 4.79 Å². The average molecular weight is 357 g/mol. The van der Waals surface area contributed by atoms with E-state index < -0.39 is 27.5 Å². The lowest BCUT2D eigenvalue weighted by molar-refractivity contribution is -0.137. The molecule has 0 atom stereocenters. The molecule has 24 heavy (non-hydrogen) atoms. The van der Waals surface area contributed by atoms with Crippen molar-refractivity contribution < 1.29 is 26.4 Å². The molecule has 0 spiro atoms. The van der Waals surface area contributed by atoms with E-state index in [4.69, 9.17) is 0 Å². The molecule has 0 radical (unpaired) electrons. The quantitative estimate of drug-likeness (QED) is 0.790. The van der Waals surface area contributed by atoms with Crippen LogP contribution in [-0.4, -0.2) is 32.6 Å². The van der Waals surface area contributed by atoms with E-state index in [2.05, 4.69) is 0 Å². The number of alkyl halides is 3. The molecule has 0 aromatic heterocycles. The molecule has 0 unspecified atom stereocenters. The fourth-order valence-corrected chi connectivity index (χ4v) is 3.12. The predicted molar refractivity (Wildman–Crippen MR) is 82.2 cm³/mol. The van der Waals surface area contributed by atoms with E-state index in [0.717, 1.165) is 28.6 Å². The zero-order valence-electron chi connectivity index (χ0n) is 12.8. The average Bonchev–Trinajstić information content (AvgIpc) is 2.53. The number of rotatable bonds is 4. The number of benzene rings is 2. The molecule has 0 saturated heterocycles. The number of halogens is 3. The standard InChI is InChI=1S/C16H14F3NO3S/c1-20(2)24(22,23)14-6-4-3-5-13(14)15(21)11-7-9-12(10-8-11)16(17,18)19/h3-10H,1-2H3. The molecule has 0 aliphatic heterocycles. The Morgan fingerprint density at radius 1 is 0.958 bits per heavy atom. The summed E-state index contributed by atoms with van der Waals surface area (Å²) in [6.45, 7) is 0. The summed E-state index contributed by atoms with van der Waals surface area (Å²) in [6, 6.07) is 9.22. The fraction of sp³-hybridized carbons (Fsp3) is 0.188. The molecule has 0 N–H and O–H groups in total. The Morgan fingerprint density at radius 2 is 1.50 bits per heavy atom. The topological polar surface area (TPSA) is 54.5 Å². The van der Waals surface area contributed by atoms with Gasteiger partial charge in [0.05, 0.1) is 10.5 Å². The second-order valence-electron chi connectivity index (χ2n) is 5.19. The summed E-state index contributed by atoms with van der Waals surface area (Å²) < 4.78 is 63.3. The Balaban J connectivity index is 2.49. The monoisotopic (exact) mass is 357 g/mol. The number of sulfonamides is 1. The van der Waals surface area contributed by atoms with Crippen molar-refractivity contribution >= 4 is 15.8 Å². The highest BCUT2D eigenvalue weighted by Crippen LogP contribution is 2.30. The van der Waals surface area contributed by atoms with Gasteiger partial charge in [-0.1, -0.05) is 24.3 Å².